The number of aliphatic carboxylic acids is 1. The zero-order chi connectivity index (χ0) is 22.6. The number of hydrogen-bond donors (Lipinski definition) is 5. The van der Waals surface area contributed by atoms with Crippen LogP contribution in [0.3, 0.4) is 0 Å². The molecule has 10 nitrogen and oxygen atoms in total. The predicted octanol–water partition coefficient (Wildman–Crippen LogP) is 1.95. The van der Waals surface area contributed by atoms with Gasteiger partial charge in [-0.2, -0.15) is 5.10 Å². The number of hydrogen-bond acceptors (Lipinski definition) is 5. The summed E-state index contributed by atoms with van der Waals surface area (Å²) in [6, 6.07) is 5.22. The van der Waals surface area contributed by atoms with Gasteiger partial charge in [0.05, 0.1) is 13.3 Å². The van der Waals surface area contributed by atoms with Crippen LogP contribution in [0.2, 0.25) is 0 Å². The average molecular weight is 431 g/mol. The molecule has 1 atom stereocenters. The molecular weight excluding hydrogens is 400 g/mol. The van der Waals surface area contributed by atoms with E-state index < -0.39 is 12.0 Å². The normalized spacial score (nSPS) is 16.1. The third-order valence-electron chi connectivity index (χ3n) is 4.64. The Morgan fingerprint density at radius 2 is 2.23 bits per heavy atom. The highest BCUT2D eigenvalue weighted by Crippen LogP contribution is 2.22. The summed E-state index contributed by atoms with van der Waals surface area (Å²) in [6.45, 7) is 2.89. The van der Waals surface area contributed by atoms with Crippen molar-refractivity contribution in [2.24, 2.45) is 15.8 Å². The highest BCUT2D eigenvalue weighted by atomic mass is 16.5. The average Bonchev–Trinajstić information content (AvgIpc) is 3.38. The number of aromatic nitrogens is 1. The standard InChI is InChI=1S/C16H23N5O.C5H7NO3/c1-3-4-5-8-18-16(17)21-20-11-12-10-19-15-7-6-13(22-2)9-14(12)15;7-4-2-1-3(6-4)5(8)9/h6-7,9-11,19H,3-5,8H2,1-2H3,(H3,17,18,21);3H,1-2H2,(H,6,7)(H,8,9)/b20-11-;. The van der Waals surface area contributed by atoms with E-state index in [4.69, 9.17) is 15.6 Å². The van der Waals surface area contributed by atoms with Gasteiger partial charge in [-0.15, -0.1) is 0 Å². The molecule has 31 heavy (non-hydrogen) atoms. The molecule has 1 aliphatic heterocycles. The number of nitrogens with zero attached hydrogens (tertiary/aromatic N) is 2. The number of hydrazone groups is 1. The molecule has 2 aromatic rings. The third-order valence-corrected chi connectivity index (χ3v) is 4.64. The molecule has 0 spiro atoms. The predicted molar refractivity (Wildman–Crippen MR) is 120 cm³/mol. The maximum Gasteiger partial charge on any atom is 0.326 e. The van der Waals surface area contributed by atoms with Gasteiger partial charge in [0.2, 0.25) is 11.9 Å². The number of ether oxygens (including phenoxy) is 1. The minimum atomic E-state index is -0.944. The summed E-state index contributed by atoms with van der Waals surface area (Å²) in [5.41, 5.74) is 10.5. The monoisotopic (exact) mass is 430 g/mol. The second-order valence-corrected chi connectivity index (χ2v) is 7.00. The van der Waals surface area contributed by atoms with Gasteiger partial charge in [-0.05, 0) is 31.0 Å². The van der Waals surface area contributed by atoms with E-state index in [0.717, 1.165) is 41.6 Å². The zero-order valence-electron chi connectivity index (χ0n) is 17.9. The van der Waals surface area contributed by atoms with Crippen molar-refractivity contribution in [2.75, 3.05) is 13.7 Å². The molecule has 1 aromatic heterocycles. The summed E-state index contributed by atoms with van der Waals surface area (Å²) in [5.74, 6) is 0.0414. The molecule has 0 bridgehead atoms. The number of fused-ring (bicyclic) bond motifs is 1. The van der Waals surface area contributed by atoms with Crippen LogP contribution in [0.15, 0.2) is 34.5 Å². The molecule has 0 radical (unpaired) electrons. The molecule has 6 N–H and O–H groups in total. The number of H-pyrrole nitrogens is 1. The van der Waals surface area contributed by atoms with Gasteiger partial charge in [0.25, 0.3) is 0 Å². The van der Waals surface area contributed by atoms with Crippen molar-refractivity contribution in [3.8, 4) is 5.75 Å². The van der Waals surface area contributed by atoms with Crippen molar-refractivity contribution in [3.63, 3.8) is 0 Å². The summed E-state index contributed by atoms with van der Waals surface area (Å²) in [6.07, 6.45) is 7.76. The highest BCUT2D eigenvalue weighted by molar-refractivity contribution is 5.99. The van der Waals surface area contributed by atoms with Gasteiger partial charge in [0.1, 0.15) is 11.8 Å². The maximum absolute atomic E-state index is 10.4. The first-order valence-electron chi connectivity index (χ1n) is 10.2. The van der Waals surface area contributed by atoms with Crippen molar-refractivity contribution >= 4 is 35.0 Å². The number of rotatable bonds is 8. The number of carboxylic acids is 1. The topological polar surface area (TPSA) is 154 Å². The van der Waals surface area contributed by atoms with Crippen LogP contribution >= 0.6 is 0 Å². The third kappa shape index (κ3) is 7.65. The fourth-order valence-corrected chi connectivity index (χ4v) is 2.92. The van der Waals surface area contributed by atoms with Crippen molar-refractivity contribution < 1.29 is 19.4 Å². The number of benzene rings is 1. The van der Waals surface area contributed by atoms with E-state index in [1.165, 1.54) is 6.42 Å². The SMILES string of the molecule is CCCCCN=C(N)N/N=C\c1c[nH]c2ccc(OC)cc12.O=C1CCC(C(=O)O)N1. The molecule has 3 rings (SSSR count). The highest BCUT2D eigenvalue weighted by Gasteiger charge is 2.26. The van der Waals surface area contributed by atoms with Gasteiger partial charge in [-0.1, -0.05) is 19.8 Å². The van der Waals surface area contributed by atoms with Crippen LogP contribution in [0.1, 0.15) is 44.6 Å². The number of amides is 1. The summed E-state index contributed by atoms with van der Waals surface area (Å²) >= 11 is 0. The summed E-state index contributed by atoms with van der Waals surface area (Å²) < 4.78 is 5.24. The molecule has 1 amide bonds. The summed E-state index contributed by atoms with van der Waals surface area (Å²) in [4.78, 5) is 27.9. The molecule has 1 unspecified atom stereocenters. The van der Waals surface area contributed by atoms with Crippen molar-refractivity contribution in [3.05, 3.63) is 30.0 Å². The minimum absolute atomic E-state index is 0.164. The lowest BCUT2D eigenvalue weighted by Gasteiger charge is -2.00. The summed E-state index contributed by atoms with van der Waals surface area (Å²) in [5, 5.41) is 15.8. The Kier molecular flexibility index (Phi) is 9.34. The largest absolute Gasteiger partial charge is 0.497 e. The molecule has 10 heteroatoms. The number of aromatic amines is 1. The van der Waals surface area contributed by atoms with E-state index in [1.54, 1.807) is 13.3 Å². The molecule has 1 saturated heterocycles. The molecule has 1 aliphatic rings. The molecule has 0 saturated carbocycles. The molecule has 168 valence electrons. The van der Waals surface area contributed by atoms with Gasteiger partial charge in [-0.25, -0.2) is 10.2 Å². The molecular formula is C21H30N6O4. The number of nitrogens with one attached hydrogen (secondary N) is 3. The Morgan fingerprint density at radius 1 is 1.42 bits per heavy atom. The smallest absolute Gasteiger partial charge is 0.326 e. The van der Waals surface area contributed by atoms with Crippen molar-refractivity contribution in [1.82, 2.24) is 15.7 Å². The van der Waals surface area contributed by atoms with Gasteiger partial charge in [-0.3, -0.25) is 9.79 Å². The Morgan fingerprint density at radius 3 is 2.84 bits per heavy atom. The number of carboxylic acid groups (broad SMARTS) is 1. The van der Waals surface area contributed by atoms with Crippen molar-refractivity contribution in [2.45, 2.75) is 45.1 Å². The number of unbranched alkanes of at least 4 members (excludes halogenated alkanes) is 2. The van der Waals surface area contributed by atoms with Gasteiger partial charge >= 0.3 is 5.97 Å². The Labute approximate surface area is 180 Å². The van der Waals surface area contributed by atoms with E-state index in [0.29, 0.717) is 18.8 Å². The maximum atomic E-state index is 10.4. The van der Waals surface area contributed by atoms with E-state index in [-0.39, 0.29) is 5.91 Å². The van der Waals surface area contributed by atoms with E-state index in [1.807, 2.05) is 24.4 Å². The van der Waals surface area contributed by atoms with E-state index in [2.05, 4.69) is 32.7 Å². The number of carbonyl (C=O) groups excluding carboxylic acids is 1. The lowest BCUT2D eigenvalue weighted by Crippen LogP contribution is -2.32. The lowest BCUT2D eigenvalue weighted by molar-refractivity contribution is -0.140. The first kappa shape index (κ1) is 23.7. The van der Waals surface area contributed by atoms with Crippen LogP contribution in [-0.4, -0.2) is 53.8 Å². The Bertz CT molecular complexity index is 937. The van der Waals surface area contributed by atoms with Crippen LogP contribution in [0.5, 0.6) is 5.75 Å². The van der Waals surface area contributed by atoms with Gasteiger partial charge < -0.3 is 25.9 Å². The number of guanidine groups is 1. The zero-order valence-corrected chi connectivity index (χ0v) is 17.9. The fourth-order valence-electron chi connectivity index (χ4n) is 2.92. The minimum Gasteiger partial charge on any atom is -0.497 e. The number of nitrogens with two attached hydrogens (primary N) is 1. The first-order valence-corrected chi connectivity index (χ1v) is 10.2. The quantitative estimate of drug-likeness (QED) is 0.187. The van der Waals surface area contributed by atoms with Crippen LogP contribution < -0.4 is 21.2 Å². The van der Waals surface area contributed by atoms with E-state index in [9.17, 15) is 9.59 Å². The van der Waals surface area contributed by atoms with Gasteiger partial charge in [0.15, 0.2) is 0 Å². The van der Waals surface area contributed by atoms with Crippen LogP contribution in [-0.2, 0) is 9.59 Å². The second-order valence-electron chi connectivity index (χ2n) is 7.00. The van der Waals surface area contributed by atoms with Crippen molar-refractivity contribution in [1.29, 1.82) is 0 Å². The van der Waals surface area contributed by atoms with Crippen LogP contribution in [0.25, 0.3) is 10.9 Å². The second kappa shape index (κ2) is 12.2. The lowest BCUT2D eigenvalue weighted by atomic mass is 10.2. The first-order chi connectivity index (χ1) is 14.9. The number of aliphatic imine (C=N–C) groups is 1. The molecule has 1 fully saturated rings. The Hall–Kier alpha value is -3.56. The van der Waals surface area contributed by atoms with E-state index >= 15 is 0 Å². The molecule has 0 aliphatic carbocycles. The summed E-state index contributed by atoms with van der Waals surface area (Å²) in [7, 11) is 1.65. The Balaban J connectivity index is 0.000000316. The molecule has 2 heterocycles. The van der Waals surface area contributed by atoms with Crippen LogP contribution in [0, 0.1) is 0 Å². The number of carbonyl (C=O) groups is 2. The molecule has 1 aromatic carbocycles. The van der Waals surface area contributed by atoms with Gasteiger partial charge in [0, 0.05) is 35.6 Å². The number of methoxy groups -OCH3 is 1. The van der Waals surface area contributed by atoms with Crippen LogP contribution in [0.4, 0.5) is 0 Å². The fraction of sp³-hybridized carbons (Fsp3) is 0.429.